The van der Waals surface area contributed by atoms with E-state index < -0.39 is 18.1 Å². The van der Waals surface area contributed by atoms with Crippen molar-refractivity contribution in [3.05, 3.63) is 59.7 Å². The van der Waals surface area contributed by atoms with Gasteiger partial charge in [-0.25, -0.2) is 9.59 Å². The number of ether oxygens (including phenoxy) is 2. The Kier molecular flexibility index (Phi) is 7.33. The summed E-state index contributed by atoms with van der Waals surface area (Å²) in [5.41, 5.74) is 4.31. The molecule has 0 spiro atoms. The molecule has 0 saturated heterocycles. The highest BCUT2D eigenvalue weighted by Gasteiger charge is 2.29. The first-order valence-electron chi connectivity index (χ1n) is 10.7. The van der Waals surface area contributed by atoms with Crippen LogP contribution in [0.3, 0.4) is 0 Å². The molecule has 3 rings (SSSR count). The highest BCUT2D eigenvalue weighted by molar-refractivity contribution is 5.81. The van der Waals surface area contributed by atoms with Gasteiger partial charge in [-0.3, -0.25) is 0 Å². The second kappa shape index (κ2) is 9.96. The third-order valence-electron chi connectivity index (χ3n) is 5.36. The Labute approximate surface area is 183 Å². The van der Waals surface area contributed by atoms with E-state index in [2.05, 4.69) is 17.4 Å². The summed E-state index contributed by atoms with van der Waals surface area (Å²) in [5.74, 6) is -1.12. The first-order chi connectivity index (χ1) is 14.8. The number of aliphatic carboxylic acids is 1. The molecular formula is C25H31NO5. The normalized spacial score (nSPS) is 13.9. The minimum absolute atomic E-state index is 0.0593. The van der Waals surface area contributed by atoms with Crippen LogP contribution in [0.1, 0.15) is 57.1 Å². The maximum Gasteiger partial charge on any atom is 0.407 e. The molecule has 31 heavy (non-hydrogen) atoms. The molecule has 0 aromatic heterocycles. The molecule has 0 fully saturated rings. The molecule has 2 aromatic rings. The van der Waals surface area contributed by atoms with Crippen molar-refractivity contribution >= 4 is 12.1 Å². The van der Waals surface area contributed by atoms with Crippen LogP contribution in [0.15, 0.2) is 48.5 Å². The Morgan fingerprint density at radius 3 is 2.13 bits per heavy atom. The summed E-state index contributed by atoms with van der Waals surface area (Å²) in [6.07, 6.45) is 0.983. The van der Waals surface area contributed by atoms with Gasteiger partial charge in [0, 0.05) is 12.5 Å². The zero-order valence-corrected chi connectivity index (χ0v) is 18.4. The number of carboxylic acid groups (broad SMARTS) is 1. The van der Waals surface area contributed by atoms with Crippen LogP contribution in [-0.4, -0.2) is 42.0 Å². The van der Waals surface area contributed by atoms with Gasteiger partial charge in [-0.1, -0.05) is 48.5 Å². The van der Waals surface area contributed by atoms with Crippen molar-refractivity contribution in [3.8, 4) is 11.1 Å². The SMILES string of the molecule is CC(C)(C)OCCCC[C@H](NC(=O)OCC1c2ccccc2-c2ccccc21)C(=O)O. The lowest BCUT2D eigenvalue weighted by molar-refractivity contribution is -0.139. The number of carboxylic acids is 1. The van der Waals surface area contributed by atoms with Crippen molar-refractivity contribution in [1.82, 2.24) is 5.32 Å². The predicted molar refractivity (Wildman–Crippen MR) is 119 cm³/mol. The highest BCUT2D eigenvalue weighted by Crippen LogP contribution is 2.44. The van der Waals surface area contributed by atoms with Crippen molar-refractivity contribution < 1.29 is 24.2 Å². The molecule has 0 heterocycles. The monoisotopic (exact) mass is 425 g/mol. The number of hydrogen-bond donors (Lipinski definition) is 2. The Bertz CT molecular complexity index is 873. The molecule has 0 aliphatic heterocycles. The van der Waals surface area contributed by atoms with Crippen molar-refractivity contribution in [3.63, 3.8) is 0 Å². The fourth-order valence-electron chi connectivity index (χ4n) is 3.87. The van der Waals surface area contributed by atoms with Gasteiger partial charge in [-0.05, 0) is 62.3 Å². The summed E-state index contributed by atoms with van der Waals surface area (Å²) in [6, 6.07) is 15.2. The molecule has 0 saturated carbocycles. The number of fused-ring (bicyclic) bond motifs is 3. The number of rotatable bonds is 9. The fourth-order valence-corrected chi connectivity index (χ4v) is 3.87. The number of alkyl carbamates (subject to hydrolysis) is 1. The average Bonchev–Trinajstić information content (AvgIpc) is 3.04. The molecule has 0 bridgehead atoms. The number of nitrogens with one attached hydrogen (secondary N) is 1. The summed E-state index contributed by atoms with van der Waals surface area (Å²) < 4.78 is 11.1. The molecule has 1 amide bonds. The number of amides is 1. The van der Waals surface area contributed by atoms with Gasteiger partial charge in [0.2, 0.25) is 0 Å². The van der Waals surface area contributed by atoms with E-state index in [1.54, 1.807) is 0 Å². The summed E-state index contributed by atoms with van der Waals surface area (Å²) in [4.78, 5) is 23.9. The summed E-state index contributed by atoms with van der Waals surface area (Å²) in [6.45, 7) is 6.65. The Morgan fingerprint density at radius 2 is 1.58 bits per heavy atom. The lowest BCUT2D eigenvalue weighted by atomic mass is 9.98. The predicted octanol–water partition coefficient (Wildman–Crippen LogP) is 4.96. The van der Waals surface area contributed by atoms with Crippen LogP contribution in [0.4, 0.5) is 4.79 Å². The maximum absolute atomic E-state index is 12.3. The van der Waals surface area contributed by atoms with Gasteiger partial charge in [0.15, 0.2) is 0 Å². The van der Waals surface area contributed by atoms with Crippen molar-refractivity contribution in [2.45, 2.75) is 57.6 Å². The van der Waals surface area contributed by atoms with Gasteiger partial charge >= 0.3 is 12.1 Å². The third-order valence-corrected chi connectivity index (χ3v) is 5.36. The van der Waals surface area contributed by atoms with Crippen LogP contribution >= 0.6 is 0 Å². The molecular weight excluding hydrogens is 394 g/mol. The molecule has 2 N–H and O–H groups in total. The van der Waals surface area contributed by atoms with Crippen molar-refractivity contribution in [2.75, 3.05) is 13.2 Å². The smallest absolute Gasteiger partial charge is 0.407 e. The number of unbranched alkanes of at least 4 members (excludes halogenated alkanes) is 1. The number of hydrogen-bond acceptors (Lipinski definition) is 4. The maximum atomic E-state index is 12.3. The Hall–Kier alpha value is -2.86. The van der Waals surface area contributed by atoms with E-state index >= 15 is 0 Å². The van der Waals surface area contributed by atoms with Gasteiger partial charge in [-0.2, -0.15) is 0 Å². The van der Waals surface area contributed by atoms with Gasteiger partial charge < -0.3 is 19.9 Å². The van der Waals surface area contributed by atoms with Crippen molar-refractivity contribution in [2.24, 2.45) is 0 Å². The number of carbonyl (C=O) groups is 2. The van der Waals surface area contributed by atoms with E-state index in [-0.39, 0.29) is 18.1 Å². The Balaban J connectivity index is 1.52. The van der Waals surface area contributed by atoms with E-state index in [9.17, 15) is 14.7 Å². The average molecular weight is 426 g/mol. The van der Waals surface area contributed by atoms with E-state index in [1.807, 2.05) is 57.2 Å². The summed E-state index contributed by atoms with van der Waals surface area (Å²) >= 11 is 0. The molecule has 1 aliphatic carbocycles. The minimum Gasteiger partial charge on any atom is -0.480 e. The quantitative estimate of drug-likeness (QED) is 0.555. The van der Waals surface area contributed by atoms with Crippen molar-refractivity contribution in [1.29, 1.82) is 0 Å². The van der Waals surface area contributed by atoms with Crippen LogP contribution in [0, 0.1) is 0 Å². The van der Waals surface area contributed by atoms with Gasteiger partial charge in [0.25, 0.3) is 0 Å². The second-order valence-electron chi connectivity index (χ2n) is 8.82. The topological polar surface area (TPSA) is 84.9 Å². The molecule has 6 heteroatoms. The molecule has 0 radical (unpaired) electrons. The highest BCUT2D eigenvalue weighted by atomic mass is 16.5. The Morgan fingerprint density at radius 1 is 1.00 bits per heavy atom. The molecule has 166 valence electrons. The molecule has 6 nitrogen and oxygen atoms in total. The van der Waals surface area contributed by atoms with E-state index in [0.29, 0.717) is 19.4 Å². The van der Waals surface area contributed by atoms with Gasteiger partial charge in [0.05, 0.1) is 5.60 Å². The van der Waals surface area contributed by atoms with Crippen LogP contribution in [-0.2, 0) is 14.3 Å². The van der Waals surface area contributed by atoms with E-state index in [4.69, 9.17) is 9.47 Å². The molecule has 0 unspecified atom stereocenters. The first-order valence-corrected chi connectivity index (χ1v) is 10.7. The van der Waals surface area contributed by atoms with Gasteiger partial charge in [-0.15, -0.1) is 0 Å². The van der Waals surface area contributed by atoms with Crippen LogP contribution < -0.4 is 5.32 Å². The molecule has 2 aromatic carbocycles. The van der Waals surface area contributed by atoms with Crippen LogP contribution in [0.25, 0.3) is 11.1 Å². The number of benzene rings is 2. The van der Waals surface area contributed by atoms with E-state index in [1.165, 1.54) is 0 Å². The van der Waals surface area contributed by atoms with Crippen LogP contribution in [0.2, 0.25) is 0 Å². The largest absolute Gasteiger partial charge is 0.480 e. The fraction of sp³-hybridized carbons (Fsp3) is 0.440. The minimum atomic E-state index is -1.06. The summed E-state index contributed by atoms with van der Waals surface area (Å²) in [5, 5.41) is 11.9. The standard InChI is InChI=1S/C25H31NO5/c1-25(2,3)31-15-9-8-14-22(23(27)28)26-24(29)30-16-21-19-12-6-4-10-17(19)18-11-5-7-13-20(18)21/h4-7,10-13,21-22H,8-9,14-16H2,1-3H3,(H,26,29)(H,27,28)/t22-/m0/s1. The van der Waals surface area contributed by atoms with Crippen LogP contribution in [0.5, 0.6) is 0 Å². The summed E-state index contributed by atoms with van der Waals surface area (Å²) in [7, 11) is 0. The zero-order chi connectivity index (χ0) is 22.4. The lowest BCUT2D eigenvalue weighted by Crippen LogP contribution is -2.41. The molecule has 1 aliphatic rings. The first kappa shape index (κ1) is 22.8. The van der Waals surface area contributed by atoms with E-state index in [0.717, 1.165) is 28.7 Å². The zero-order valence-electron chi connectivity index (χ0n) is 18.4. The third kappa shape index (κ3) is 6.07. The molecule has 1 atom stereocenters. The number of carbonyl (C=O) groups excluding carboxylic acids is 1. The lowest BCUT2D eigenvalue weighted by Gasteiger charge is -2.20. The van der Waals surface area contributed by atoms with Gasteiger partial charge in [0.1, 0.15) is 12.6 Å². The second-order valence-corrected chi connectivity index (χ2v) is 8.82.